The summed E-state index contributed by atoms with van der Waals surface area (Å²) in [4.78, 5) is 27.7. The van der Waals surface area contributed by atoms with Crippen LogP contribution in [0.25, 0.3) is 10.8 Å². The van der Waals surface area contributed by atoms with Gasteiger partial charge in [0.05, 0.1) is 6.54 Å². The fourth-order valence-electron chi connectivity index (χ4n) is 3.10. The number of rotatable bonds is 6. The van der Waals surface area contributed by atoms with Crippen LogP contribution in [0, 0.1) is 0 Å². The van der Waals surface area contributed by atoms with E-state index in [1.807, 2.05) is 24.1 Å². The van der Waals surface area contributed by atoms with Gasteiger partial charge in [-0.3, -0.25) is 14.5 Å². The van der Waals surface area contributed by atoms with Crippen LogP contribution in [-0.4, -0.2) is 49.3 Å². The predicted molar refractivity (Wildman–Crippen MR) is 113 cm³/mol. The van der Waals surface area contributed by atoms with Crippen molar-refractivity contribution in [1.82, 2.24) is 9.80 Å². The minimum absolute atomic E-state index is 0.0620. The van der Waals surface area contributed by atoms with Crippen LogP contribution in [0.15, 0.2) is 66.7 Å². The quantitative estimate of drug-likeness (QED) is 0.716. The van der Waals surface area contributed by atoms with E-state index in [1.54, 1.807) is 38.4 Å². The number of hydrogen-bond acceptors (Lipinski definition) is 3. The molecule has 3 rings (SSSR count). The van der Waals surface area contributed by atoms with Gasteiger partial charge in [0.15, 0.2) is 0 Å². The van der Waals surface area contributed by atoms with Gasteiger partial charge < -0.3 is 10.2 Å². The average molecular weight is 375 g/mol. The van der Waals surface area contributed by atoms with E-state index in [0.29, 0.717) is 17.8 Å². The Bertz CT molecular complexity index is 981. The van der Waals surface area contributed by atoms with Gasteiger partial charge in [0.1, 0.15) is 0 Å². The molecule has 0 aliphatic rings. The number of hydrogen-bond donors (Lipinski definition) is 1. The van der Waals surface area contributed by atoms with Crippen LogP contribution in [-0.2, 0) is 11.3 Å². The SMILES string of the molecule is CN(CC(=O)Nc1ccc(C(=O)N(C)C)cc1)Cc1ccc2ccccc2c1. The van der Waals surface area contributed by atoms with Crippen LogP contribution in [0.1, 0.15) is 15.9 Å². The molecule has 0 saturated carbocycles. The van der Waals surface area contributed by atoms with E-state index >= 15 is 0 Å². The second-order valence-electron chi connectivity index (χ2n) is 7.18. The smallest absolute Gasteiger partial charge is 0.253 e. The van der Waals surface area contributed by atoms with E-state index in [1.165, 1.54) is 21.2 Å². The van der Waals surface area contributed by atoms with Crippen molar-refractivity contribution in [3.05, 3.63) is 77.9 Å². The van der Waals surface area contributed by atoms with Gasteiger partial charge >= 0.3 is 0 Å². The molecular weight excluding hydrogens is 350 g/mol. The van der Waals surface area contributed by atoms with Crippen molar-refractivity contribution in [3.63, 3.8) is 0 Å². The average Bonchev–Trinajstić information content (AvgIpc) is 2.67. The molecule has 0 fully saturated rings. The minimum Gasteiger partial charge on any atom is -0.345 e. The van der Waals surface area contributed by atoms with Crippen molar-refractivity contribution in [2.24, 2.45) is 0 Å². The number of nitrogens with zero attached hydrogens (tertiary/aromatic N) is 2. The Morgan fingerprint density at radius 1 is 0.857 bits per heavy atom. The Morgan fingerprint density at radius 3 is 2.21 bits per heavy atom. The predicted octanol–water partition coefficient (Wildman–Crippen LogP) is 3.61. The van der Waals surface area contributed by atoms with Crippen LogP contribution in [0.3, 0.4) is 0 Å². The Hall–Kier alpha value is -3.18. The van der Waals surface area contributed by atoms with E-state index in [9.17, 15) is 9.59 Å². The molecule has 0 atom stereocenters. The molecule has 0 spiro atoms. The molecule has 2 amide bonds. The van der Waals surface area contributed by atoms with Gasteiger partial charge in [-0.25, -0.2) is 0 Å². The third kappa shape index (κ3) is 4.96. The highest BCUT2D eigenvalue weighted by Crippen LogP contribution is 2.16. The first-order valence-corrected chi connectivity index (χ1v) is 9.20. The van der Waals surface area contributed by atoms with Crippen molar-refractivity contribution in [1.29, 1.82) is 0 Å². The normalized spacial score (nSPS) is 10.9. The van der Waals surface area contributed by atoms with Gasteiger partial charge in [0.25, 0.3) is 5.91 Å². The third-order valence-electron chi connectivity index (χ3n) is 4.50. The zero-order valence-corrected chi connectivity index (χ0v) is 16.5. The first-order chi connectivity index (χ1) is 13.4. The van der Waals surface area contributed by atoms with Gasteiger partial charge in [0, 0.05) is 31.9 Å². The summed E-state index contributed by atoms with van der Waals surface area (Å²) in [5.41, 5.74) is 2.44. The van der Waals surface area contributed by atoms with E-state index in [-0.39, 0.29) is 18.4 Å². The number of fused-ring (bicyclic) bond motifs is 1. The fourth-order valence-corrected chi connectivity index (χ4v) is 3.10. The maximum absolute atomic E-state index is 12.3. The van der Waals surface area contributed by atoms with Crippen molar-refractivity contribution in [2.75, 3.05) is 33.0 Å². The Morgan fingerprint density at radius 2 is 1.54 bits per heavy atom. The van der Waals surface area contributed by atoms with Gasteiger partial charge in [-0.2, -0.15) is 0 Å². The molecule has 0 radical (unpaired) electrons. The number of benzene rings is 3. The molecule has 1 N–H and O–H groups in total. The fraction of sp³-hybridized carbons (Fsp3) is 0.217. The highest BCUT2D eigenvalue weighted by molar-refractivity contribution is 5.96. The van der Waals surface area contributed by atoms with Gasteiger partial charge in [-0.05, 0) is 53.7 Å². The van der Waals surface area contributed by atoms with Crippen LogP contribution >= 0.6 is 0 Å². The molecule has 5 nitrogen and oxygen atoms in total. The van der Waals surface area contributed by atoms with Crippen molar-refractivity contribution >= 4 is 28.3 Å². The number of carbonyl (C=O) groups excluding carboxylic acids is 2. The first-order valence-electron chi connectivity index (χ1n) is 9.20. The maximum Gasteiger partial charge on any atom is 0.253 e. The van der Waals surface area contributed by atoms with E-state index in [0.717, 1.165) is 0 Å². The van der Waals surface area contributed by atoms with Crippen LogP contribution < -0.4 is 5.32 Å². The maximum atomic E-state index is 12.3. The summed E-state index contributed by atoms with van der Waals surface area (Å²) in [6.07, 6.45) is 0. The lowest BCUT2D eigenvalue weighted by Crippen LogP contribution is -2.29. The molecule has 28 heavy (non-hydrogen) atoms. The molecule has 0 aliphatic carbocycles. The third-order valence-corrected chi connectivity index (χ3v) is 4.50. The monoisotopic (exact) mass is 375 g/mol. The Labute approximate surface area is 165 Å². The topological polar surface area (TPSA) is 52.7 Å². The van der Waals surface area contributed by atoms with Crippen molar-refractivity contribution in [2.45, 2.75) is 6.54 Å². The van der Waals surface area contributed by atoms with E-state index < -0.39 is 0 Å². The lowest BCUT2D eigenvalue weighted by atomic mass is 10.1. The molecule has 3 aromatic carbocycles. The van der Waals surface area contributed by atoms with Crippen LogP contribution in [0.4, 0.5) is 5.69 Å². The van der Waals surface area contributed by atoms with Crippen LogP contribution in [0.2, 0.25) is 0 Å². The molecule has 0 aliphatic heterocycles. The highest BCUT2D eigenvalue weighted by Gasteiger charge is 2.10. The van der Waals surface area contributed by atoms with Crippen molar-refractivity contribution < 1.29 is 9.59 Å². The standard InChI is InChI=1S/C23H25N3O2/c1-25(2)23(28)19-10-12-21(13-11-19)24-22(27)16-26(3)15-17-8-9-18-6-4-5-7-20(18)14-17/h4-14H,15-16H2,1-3H3,(H,24,27). The van der Waals surface area contributed by atoms with E-state index in [2.05, 4.69) is 35.6 Å². The van der Waals surface area contributed by atoms with Gasteiger partial charge in [0.2, 0.25) is 5.91 Å². The van der Waals surface area contributed by atoms with Crippen molar-refractivity contribution in [3.8, 4) is 0 Å². The second-order valence-corrected chi connectivity index (χ2v) is 7.18. The number of likely N-dealkylation sites (N-methyl/N-ethyl adjacent to an activating group) is 1. The van der Waals surface area contributed by atoms with Gasteiger partial charge in [-0.15, -0.1) is 0 Å². The zero-order valence-electron chi connectivity index (χ0n) is 16.5. The Balaban J connectivity index is 1.55. The Kier molecular flexibility index (Phi) is 6.06. The molecule has 0 unspecified atom stereocenters. The molecule has 0 bridgehead atoms. The lowest BCUT2D eigenvalue weighted by Gasteiger charge is -2.17. The summed E-state index contributed by atoms with van der Waals surface area (Å²) in [7, 11) is 5.35. The molecule has 3 aromatic rings. The summed E-state index contributed by atoms with van der Waals surface area (Å²) < 4.78 is 0. The second kappa shape index (κ2) is 8.67. The summed E-state index contributed by atoms with van der Waals surface area (Å²) in [5.74, 6) is -0.150. The van der Waals surface area contributed by atoms with Crippen LogP contribution in [0.5, 0.6) is 0 Å². The molecular formula is C23H25N3O2. The molecule has 0 aromatic heterocycles. The zero-order chi connectivity index (χ0) is 20.1. The van der Waals surface area contributed by atoms with Gasteiger partial charge in [-0.1, -0.05) is 36.4 Å². The summed E-state index contributed by atoms with van der Waals surface area (Å²) in [6.45, 7) is 0.972. The minimum atomic E-state index is -0.0880. The molecule has 5 heteroatoms. The first kappa shape index (κ1) is 19.6. The summed E-state index contributed by atoms with van der Waals surface area (Å²) in [6, 6.07) is 21.5. The van der Waals surface area contributed by atoms with E-state index in [4.69, 9.17) is 0 Å². The largest absolute Gasteiger partial charge is 0.345 e. The number of carbonyl (C=O) groups is 2. The summed E-state index contributed by atoms with van der Waals surface area (Å²) in [5, 5.41) is 5.29. The highest BCUT2D eigenvalue weighted by atomic mass is 16.2. The number of anilines is 1. The lowest BCUT2D eigenvalue weighted by molar-refractivity contribution is -0.117. The molecule has 0 heterocycles. The molecule has 0 saturated heterocycles. The molecule has 144 valence electrons. The summed E-state index contributed by atoms with van der Waals surface area (Å²) >= 11 is 0. The number of nitrogens with one attached hydrogen (secondary N) is 1. The number of amides is 2.